The molecular weight excluding hydrogens is 278 g/mol. The number of hydrogen-bond donors (Lipinski definition) is 3. The van der Waals surface area contributed by atoms with Gasteiger partial charge in [-0.15, -0.1) is 0 Å². The zero-order valence-electron chi connectivity index (χ0n) is 13.3. The molecular formula is C13H28N3O3S+. The number of alkyl carbamates (subject to hydrolysis) is 1. The highest BCUT2D eigenvalue weighted by Crippen LogP contribution is 2.06. The smallest absolute Gasteiger partial charge is 0.408 e. The molecule has 0 aliphatic rings. The van der Waals surface area contributed by atoms with Gasteiger partial charge in [-0.3, -0.25) is 4.79 Å². The van der Waals surface area contributed by atoms with E-state index in [9.17, 15) is 9.59 Å². The first-order valence-electron chi connectivity index (χ1n) is 6.63. The molecule has 1 unspecified atom stereocenters. The number of thiol groups is 1. The minimum Gasteiger partial charge on any atom is -0.444 e. The van der Waals surface area contributed by atoms with Crippen LogP contribution in [0.15, 0.2) is 0 Å². The van der Waals surface area contributed by atoms with Gasteiger partial charge in [0.1, 0.15) is 11.6 Å². The Balaban J connectivity index is 4.25. The molecule has 1 atom stereocenters. The van der Waals surface area contributed by atoms with Crippen molar-refractivity contribution in [3.8, 4) is 0 Å². The van der Waals surface area contributed by atoms with E-state index in [1.165, 1.54) is 0 Å². The second-order valence-electron chi connectivity index (χ2n) is 6.69. The zero-order chi connectivity index (χ0) is 16.0. The van der Waals surface area contributed by atoms with Gasteiger partial charge in [0.15, 0.2) is 0 Å². The molecule has 118 valence electrons. The van der Waals surface area contributed by atoms with Crippen LogP contribution in [0.5, 0.6) is 0 Å². The van der Waals surface area contributed by atoms with Crippen molar-refractivity contribution < 1.29 is 18.8 Å². The minimum atomic E-state index is -0.694. The summed E-state index contributed by atoms with van der Waals surface area (Å²) >= 11 is 4.09. The van der Waals surface area contributed by atoms with Gasteiger partial charge in [-0.25, -0.2) is 4.79 Å². The Morgan fingerprint density at radius 1 is 1.25 bits per heavy atom. The lowest BCUT2D eigenvalue weighted by Gasteiger charge is -2.25. The third-order valence-corrected chi connectivity index (χ3v) is 2.64. The van der Waals surface area contributed by atoms with Crippen LogP contribution in [0.2, 0.25) is 0 Å². The number of quaternary nitrogens is 1. The summed E-state index contributed by atoms with van der Waals surface area (Å²) in [6.07, 6.45) is -0.613. The van der Waals surface area contributed by atoms with Crippen LogP contribution >= 0.6 is 12.6 Å². The molecule has 0 rings (SSSR count). The average Bonchev–Trinajstić information content (AvgIpc) is 2.21. The molecule has 20 heavy (non-hydrogen) atoms. The standard InChI is InChI=1S/C13H27N3O3S/c1-13(2,3)19-12(18)15-10(9-20)11(17)14-7-8-16(4,5)6/h10H,7-9H2,1-6H3,(H2-,14,15,17,18,20)/p+1. The van der Waals surface area contributed by atoms with E-state index in [4.69, 9.17) is 4.74 Å². The molecule has 0 radical (unpaired) electrons. The molecule has 0 bridgehead atoms. The van der Waals surface area contributed by atoms with Crippen LogP contribution in [0.4, 0.5) is 4.79 Å². The summed E-state index contributed by atoms with van der Waals surface area (Å²) in [5.74, 6) is -0.0329. The van der Waals surface area contributed by atoms with E-state index in [0.717, 1.165) is 11.0 Å². The van der Waals surface area contributed by atoms with Crippen molar-refractivity contribution in [1.82, 2.24) is 10.6 Å². The lowest BCUT2D eigenvalue weighted by Crippen LogP contribution is -2.51. The molecule has 2 amide bonds. The van der Waals surface area contributed by atoms with Crippen LogP contribution in [-0.4, -0.2) is 68.1 Å². The normalized spacial score (nSPS) is 13.6. The number of nitrogens with one attached hydrogen (secondary N) is 2. The topological polar surface area (TPSA) is 67.4 Å². The second kappa shape index (κ2) is 7.73. The van der Waals surface area contributed by atoms with Gasteiger partial charge in [-0.1, -0.05) is 0 Å². The van der Waals surface area contributed by atoms with E-state index < -0.39 is 17.7 Å². The third-order valence-electron chi connectivity index (χ3n) is 2.27. The van der Waals surface area contributed by atoms with Gasteiger partial charge < -0.3 is 19.9 Å². The molecule has 6 nitrogen and oxygen atoms in total. The molecule has 0 aromatic rings. The van der Waals surface area contributed by atoms with Gasteiger partial charge in [-0.2, -0.15) is 12.6 Å². The number of hydrogen-bond acceptors (Lipinski definition) is 4. The van der Waals surface area contributed by atoms with Crippen LogP contribution in [0.1, 0.15) is 20.8 Å². The fourth-order valence-electron chi connectivity index (χ4n) is 1.28. The summed E-state index contributed by atoms with van der Waals surface area (Å²) in [7, 11) is 6.13. The molecule has 0 aliphatic heterocycles. The Morgan fingerprint density at radius 3 is 2.20 bits per heavy atom. The van der Waals surface area contributed by atoms with Crippen molar-refractivity contribution in [2.45, 2.75) is 32.4 Å². The second-order valence-corrected chi connectivity index (χ2v) is 7.05. The summed E-state index contributed by atoms with van der Waals surface area (Å²) in [6, 6.07) is -0.694. The Hall–Kier alpha value is -0.950. The van der Waals surface area contributed by atoms with Crippen LogP contribution in [0.25, 0.3) is 0 Å². The van der Waals surface area contributed by atoms with Crippen LogP contribution < -0.4 is 10.6 Å². The van der Waals surface area contributed by atoms with E-state index in [1.807, 2.05) is 21.1 Å². The SMILES string of the molecule is CC(C)(C)OC(=O)NC(CS)C(=O)NCC[N+](C)(C)C. The fourth-order valence-corrected chi connectivity index (χ4v) is 1.54. The van der Waals surface area contributed by atoms with Crippen molar-refractivity contribution >= 4 is 24.6 Å². The minimum absolute atomic E-state index is 0.218. The predicted molar refractivity (Wildman–Crippen MR) is 82.9 cm³/mol. The third kappa shape index (κ3) is 9.91. The van der Waals surface area contributed by atoms with Crippen molar-refractivity contribution in [3.63, 3.8) is 0 Å². The van der Waals surface area contributed by atoms with E-state index in [0.29, 0.717) is 6.54 Å². The molecule has 0 aliphatic carbocycles. The summed E-state index contributed by atoms with van der Waals surface area (Å²) in [6.45, 7) is 6.65. The van der Waals surface area contributed by atoms with E-state index in [2.05, 4.69) is 23.3 Å². The maximum Gasteiger partial charge on any atom is 0.408 e. The summed E-state index contributed by atoms with van der Waals surface area (Å²) < 4.78 is 5.87. The number of carbonyl (C=O) groups excluding carboxylic acids is 2. The van der Waals surface area contributed by atoms with E-state index in [1.54, 1.807) is 20.8 Å². The molecule has 0 aromatic heterocycles. The summed E-state index contributed by atoms with van der Waals surface area (Å²) in [5.41, 5.74) is -0.592. The van der Waals surface area contributed by atoms with Crippen molar-refractivity contribution in [1.29, 1.82) is 0 Å². The zero-order valence-corrected chi connectivity index (χ0v) is 14.2. The average molecular weight is 306 g/mol. The first-order valence-corrected chi connectivity index (χ1v) is 7.26. The number of rotatable bonds is 6. The number of nitrogens with zero attached hydrogens (tertiary/aromatic N) is 1. The highest BCUT2D eigenvalue weighted by Gasteiger charge is 2.23. The lowest BCUT2D eigenvalue weighted by atomic mass is 10.2. The maximum atomic E-state index is 11.9. The molecule has 2 N–H and O–H groups in total. The van der Waals surface area contributed by atoms with Crippen LogP contribution in [0.3, 0.4) is 0 Å². The first kappa shape index (κ1) is 19.1. The summed E-state index contributed by atoms with van der Waals surface area (Å²) in [4.78, 5) is 23.5. The number of likely N-dealkylation sites (N-methyl/N-ethyl adjacent to an activating group) is 1. The monoisotopic (exact) mass is 306 g/mol. The summed E-state index contributed by atoms with van der Waals surface area (Å²) in [5, 5.41) is 5.30. The Bertz CT molecular complexity index is 335. The largest absolute Gasteiger partial charge is 0.444 e. The molecule has 0 saturated carbocycles. The molecule has 0 fully saturated rings. The van der Waals surface area contributed by atoms with E-state index in [-0.39, 0.29) is 11.7 Å². The molecule has 0 saturated heterocycles. The van der Waals surface area contributed by atoms with Gasteiger partial charge in [0.25, 0.3) is 0 Å². The first-order chi connectivity index (χ1) is 8.94. The molecule has 0 aromatic carbocycles. The van der Waals surface area contributed by atoms with Gasteiger partial charge in [-0.05, 0) is 20.8 Å². The molecule has 0 heterocycles. The number of amides is 2. The highest BCUT2D eigenvalue weighted by molar-refractivity contribution is 7.80. The number of ether oxygens (including phenoxy) is 1. The Kier molecular flexibility index (Phi) is 7.37. The van der Waals surface area contributed by atoms with Crippen molar-refractivity contribution in [2.75, 3.05) is 40.0 Å². The maximum absolute atomic E-state index is 11.9. The van der Waals surface area contributed by atoms with Crippen LogP contribution in [-0.2, 0) is 9.53 Å². The van der Waals surface area contributed by atoms with Crippen molar-refractivity contribution in [3.05, 3.63) is 0 Å². The molecule has 7 heteroatoms. The Morgan fingerprint density at radius 2 is 1.80 bits per heavy atom. The Labute approximate surface area is 127 Å². The van der Waals surface area contributed by atoms with Crippen LogP contribution in [0, 0.1) is 0 Å². The predicted octanol–water partition coefficient (Wildman–Crippen LogP) is 0.632. The van der Waals surface area contributed by atoms with Crippen molar-refractivity contribution in [2.24, 2.45) is 0 Å². The van der Waals surface area contributed by atoms with Gasteiger partial charge >= 0.3 is 6.09 Å². The lowest BCUT2D eigenvalue weighted by molar-refractivity contribution is -0.869. The quantitative estimate of drug-likeness (QED) is 0.498. The van der Waals surface area contributed by atoms with Gasteiger partial charge in [0, 0.05) is 5.75 Å². The van der Waals surface area contributed by atoms with Gasteiger partial charge in [0.2, 0.25) is 5.91 Å². The number of carbonyl (C=O) groups is 2. The highest BCUT2D eigenvalue weighted by atomic mass is 32.1. The molecule has 0 spiro atoms. The fraction of sp³-hybridized carbons (Fsp3) is 0.846. The van der Waals surface area contributed by atoms with E-state index >= 15 is 0 Å². The van der Waals surface area contributed by atoms with Gasteiger partial charge in [0.05, 0.1) is 34.2 Å².